The Bertz CT molecular complexity index is 216. The lowest BCUT2D eigenvalue weighted by Crippen LogP contribution is -2.41. The first-order chi connectivity index (χ1) is 6.74. The molecule has 1 amide bonds. The number of rotatable bonds is 2. The molecule has 0 aromatic rings. The van der Waals surface area contributed by atoms with E-state index in [-0.39, 0.29) is 18.2 Å². The van der Waals surface area contributed by atoms with Gasteiger partial charge in [-0.3, -0.25) is 0 Å². The van der Waals surface area contributed by atoms with Crippen LogP contribution in [0.5, 0.6) is 0 Å². The first-order valence-corrected chi connectivity index (χ1v) is 5.47. The maximum Gasteiger partial charge on any atom is 0.407 e. The molecule has 4 heteroatoms. The largest absolute Gasteiger partial charge is 0.446 e. The van der Waals surface area contributed by atoms with E-state index in [1.54, 1.807) is 0 Å². The van der Waals surface area contributed by atoms with E-state index in [0.717, 1.165) is 32.1 Å². The topological polar surface area (TPSA) is 64.3 Å². The van der Waals surface area contributed by atoms with Gasteiger partial charge in [0.05, 0.1) is 0 Å². The summed E-state index contributed by atoms with van der Waals surface area (Å²) in [7, 11) is 0. The van der Waals surface area contributed by atoms with E-state index in [9.17, 15) is 4.79 Å². The second-order valence-electron chi connectivity index (χ2n) is 4.37. The first kappa shape index (κ1) is 9.77. The molecule has 0 radical (unpaired) electrons. The van der Waals surface area contributed by atoms with Crippen molar-refractivity contribution in [3.05, 3.63) is 0 Å². The third kappa shape index (κ3) is 2.38. The van der Waals surface area contributed by atoms with Crippen LogP contribution in [-0.4, -0.2) is 24.3 Å². The van der Waals surface area contributed by atoms with E-state index < -0.39 is 0 Å². The number of ether oxygens (including phenoxy) is 1. The molecule has 0 aliphatic heterocycles. The summed E-state index contributed by atoms with van der Waals surface area (Å²) in [4.78, 5) is 11.3. The molecule has 0 bridgehead atoms. The molecule has 4 nitrogen and oxygen atoms in total. The van der Waals surface area contributed by atoms with Gasteiger partial charge in [-0.25, -0.2) is 4.79 Å². The minimum Gasteiger partial charge on any atom is -0.446 e. The van der Waals surface area contributed by atoms with Crippen LogP contribution >= 0.6 is 0 Å². The van der Waals surface area contributed by atoms with Gasteiger partial charge in [0.2, 0.25) is 0 Å². The number of alkyl carbamates (subject to hydrolysis) is 1. The predicted molar refractivity (Wildman–Crippen MR) is 52.9 cm³/mol. The summed E-state index contributed by atoms with van der Waals surface area (Å²) in [6.07, 6.45) is 5.91. The van der Waals surface area contributed by atoms with E-state index in [0.29, 0.717) is 6.04 Å². The molecule has 0 spiro atoms. The van der Waals surface area contributed by atoms with Crippen molar-refractivity contribution >= 4 is 6.09 Å². The molecule has 14 heavy (non-hydrogen) atoms. The number of carbonyl (C=O) groups excluding carboxylic acids is 1. The fraction of sp³-hybridized carbons (Fsp3) is 0.900. The Hall–Kier alpha value is -0.770. The lowest BCUT2D eigenvalue weighted by atomic mass is 9.93. The molecule has 0 heterocycles. The number of nitrogens with two attached hydrogens (primary N) is 1. The van der Waals surface area contributed by atoms with Gasteiger partial charge >= 0.3 is 6.09 Å². The van der Waals surface area contributed by atoms with Gasteiger partial charge in [0.1, 0.15) is 6.10 Å². The Morgan fingerprint density at radius 1 is 1.29 bits per heavy atom. The third-order valence-electron chi connectivity index (χ3n) is 3.13. The minimum atomic E-state index is -0.256. The zero-order chi connectivity index (χ0) is 9.97. The van der Waals surface area contributed by atoms with Crippen LogP contribution in [0.15, 0.2) is 0 Å². The highest BCUT2D eigenvalue weighted by atomic mass is 16.6. The van der Waals surface area contributed by atoms with E-state index in [1.807, 2.05) is 0 Å². The monoisotopic (exact) mass is 198 g/mol. The van der Waals surface area contributed by atoms with E-state index in [4.69, 9.17) is 10.5 Å². The minimum absolute atomic E-state index is 0.0464. The van der Waals surface area contributed by atoms with Crippen LogP contribution in [0.2, 0.25) is 0 Å². The van der Waals surface area contributed by atoms with Crippen molar-refractivity contribution in [2.45, 2.75) is 56.7 Å². The summed E-state index contributed by atoms with van der Waals surface area (Å²) < 4.78 is 5.26. The Kier molecular flexibility index (Phi) is 2.91. The van der Waals surface area contributed by atoms with Crippen molar-refractivity contribution in [1.29, 1.82) is 0 Å². The van der Waals surface area contributed by atoms with Crippen molar-refractivity contribution in [2.24, 2.45) is 5.73 Å². The quantitative estimate of drug-likeness (QED) is 0.699. The second kappa shape index (κ2) is 4.17. The Morgan fingerprint density at radius 3 is 2.57 bits per heavy atom. The summed E-state index contributed by atoms with van der Waals surface area (Å²) in [5, 5.41) is 2.86. The summed E-state index contributed by atoms with van der Waals surface area (Å²) in [6, 6.07) is 0.578. The zero-order valence-electron chi connectivity index (χ0n) is 8.37. The highest BCUT2D eigenvalue weighted by Crippen LogP contribution is 2.22. The average molecular weight is 198 g/mol. The van der Waals surface area contributed by atoms with E-state index in [1.165, 1.54) is 6.42 Å². The fourth-order valence-corrected chi connectivity index (χ4v) is 1.99. The fourth-order valence-electron chi connectivity index (χ4n) is 1.99. The number of hydrogen-bond donors (Lipinski definition) is 2. The number of nitrogens with one attached hydrogen (secondary N) is 1. The number of hydrogen-bond acceptors (Lipinski definition) is 3. The lowest BCUT2D eigenvalue weighted by molar-refractivity contribution is 0.0934. The van der Waals surface area contributed by atoms with Gasteiger partial charge in [-0.2, -0.15) is 0 Å². The molecule has 0 aromatic carbocycles. The van der Waals surface area contributed by atoms with Gasteiger partial charge in [0.15, 0.2) is 0 Å². The maximum atomic E-state index is 11.3. The summed E-state index contributed by atoms with van der Waals surface area (Å²) in [5.41, 5.74) is 5.73. The summed E-state index contributed by atoms with van der Waals surface area (Å²) in [6.45, 7) is 0. The lowest BCUT2D eigenvalue weighted by Gasteiger charge is -2.26. The highest BCUT2D eigenvalue weighted by Gasteiger charge is 2.26. The smallest absolute Gasteiger partial charge is 0.407 e. The summed E-state index contributed by atoms with van der Waals surface area (Å²) >= 11 is 0. The van der Waals surface area contributed by atoms with Crippen LogP contribution in [0, 0.1) is 0 Å². The van der Waals surface area contributed by atoms with Gasteiger partial charge < -0.3 is 15.8 Å². The van der Waals surface area contributed by atoms with Crippen molar-refractivity contribution in [2.75, 3.05) is 0 Å². The molecule has 3 N–H and O–H groups in total. The van der Waals surface area contributed by atoms with Crippen LogP contribution in [0.4, 0.5) is 4.79 Å². The van der Waals surface area contributed by atoms with Crippen LogP contribution in [0.3, 0.4) is 0 Å². The van der Waals surface area contributed by atoms with Crippen molar-refractivity contribution < 1.29 is 9.53 Å². The molecule has 0 aromatic heterocycles. The van der Waals surface area contributed by atoms with Gasteiger partial charge in [-0.05, 0) is 38.5 Å². The van der Waals surface area contributed by atoms with Gasteiger partial charge in [-0.15, -0.1) is 0 Å². The average Bonchev–Trinajstić information content (AvgIpc) is 2.44. The van der Waals surface area contributed by atoms with Crippen molar-refractivity contribution in [1.82, 2.24) is 5.32 Å². The Labute approximate surface area is 84.2 Å². The predicted octanol–water partition coefficient (Wildman–Crippen LogP) is 1.14. The molecule has 2 atom stereocenters. The molecule has 2 rings (SSSR count). The van der Waals surface area contributed by atoms with E-state index >= 15 is 0 Å². The number of amides is 1. The maximum absolute atomic E-state index is 11.3. The molecule has 2 aliphatic rings. The molecule has 2 unspecified atom stereocenters. The molecular weight excluding hydrogens is 180 g/mol. The molecular formula is C10H18N2O2. The normalized spacial score (nSPS) is 32.4. The van der Waals surface area contributed by atoms with Crippen LogP contribution in [0.25, 0.3) is 0 Å². The number of carbonyl (C=O) groups is 1. The van der Waals surface area contributed by atoms with Crippen LogP contribution in [0.1, 0.15) is 38.5 Å². The standard InChI is InChI=1S/C10H18N2O2/c11-7-4-5-9(6-7)14-10(13)12-8-2-1-3-8/h7-9H,1-6,11H2,(H,12,13). The zero-order valence-corrected chi connectivity index (χ0v) is 8.37. The Morgan fingerprint density at radius 2 is 2.07 bits per heavy atom. The first-order valence-electron chi connectivity index (χ1n) is 5.47. The van der Waals surface area contributed by atoms with Crippen molar-refractivity contribution in [3.8, 4) is 0 Å². The van der Waals surface area contributed by atoms with Gasteiger partial charge in [0, 0.05) is 12.1 Å². The van der Waals surface area contributed by atoms with Crippen LogP contribution in [-0.2, 0) is 4.74 Å². The second-order valence-corrected chi connectivity index (χ2v) is 4.37. The SMILES string of the molecule is NC1CCC(OC(=O)NC2CCC2)C1. The van der Waals surface area contributed by atoms with E-state index in [2.05, 4.69) is 5.32 Å². The van der Waals surface area contributed by atoms with Gasteiger partial charge in [0.25, 0.3) is 0 Å². The molecule has 2 aliphatic carbocycles. The third-order valence-corrected chi connectivity index (χ3v) is 3.13. The van der Waals surface area contributed by atoms with Crippen molar-refractivity contribution in [3.63, 3.8) is 0 Å². The molecule has 2 fully saturated rings. The highest BCUT2D eigenvalue weighted by molar-refractivity contribution is 5.67. The van der Waals surface area contributed by atoms with Gasteiger partial charge in [-0.1, -0.05) is 0 Å². The van der Waals surface area contributed by atoms with Crippen LogP contribution < -0.4 is 11.1 Å². The Balaban J connectivity index is 1.66. The summed E-state index contributed by atoms with van der Waals surface area (Å²) in [5.74, 6) is 0. The molecule has 2 saturated carbocycles. The molecule has 80 valence electrons. The molecule has 0 saturated heterocycles.